The highest BCUT2D eigenvalue weighted by Crippen LogP contribution is 2.26. The number of anilines is 4. The minimum Gasteiger partial charge on any atom is -0.378 e. The number of nitrogens with zero attached hydrogens (tertiary/aromatic N) is 2. The average molecular weight is 368 g/mol. The number of rotatable bonds is 4. The molecule has 3 rings (SSSR count). The van der Waals surface area contributed by atoms with Crippen molar-refractivity contribution in [3.8, 4) is 0 Å². The molecule has 0 unspecified atom stereocenters. The Morgan fingerprint density at radius 2 is 1.67 bits per heavy atom. The molecular formula is C20H24N4O3. The summed E-state index contributed by atoms with van der Waals surface area (Å²) >= 11 is 0. The first-order valence-electron chi connectivity index (χ1n) is 8.86. The largest absolute Gasteiger partial charge is 0.378 e. The molecule has 1 heterocycles. The lowest BCUT2D eigenvalue weighted by Gasteiger charge is -2.30. The molecule has 2 aromatic carbocycles. The van der Waals surface area contributed by atoms with Crippen LogP contribution in [0.25, 0.3) is 0 Å². The molecule has 1 fully saturated rings. The van der Waals surface area contributed by atoms with Crippen LogP contribution in [0.3, 0.4) is 0 Å². The van der Waals surface area contributed by atoms with Gasteiger partial charge in [0.25, 0.3) is 0 Å². The lowest BCUT2D eigenvalue weighted by Crippen LogP contribution is -2.37. The third-order valence-corrected chi connectivity index (χ3v) is 4.33. The molecule has 7 nitrogen and oxygen atoms in total. The van der Waals surface area contributed by atoms with Gasteiger partial charge in [0, 0.05) is 38.6 Å². The van der Waals surface area contributed by atoms with E-state index in [1.54, 1.807) is 12.1 Å². The fraction of sp³-hybridized carbons (Fsp3) is 0.300. The van der Waals surface area contributed by atoms with E-state index in [-0.39, 0.29) is 0 Å². The molecule has 0 aromatic heterocycles. The molecule has 0 atom stereocenters. The van der Waals surface area contributed by atoms with E-state index in [0.29, 0.717) is 24.6 Å². The highest BCUT2D eigenvalue weighted by atomic mass is 16.5. The Bertz CT molecular complexity index is 816. The second kappa shape index (κ2) is 8.55. The van der Waals surface area contributed by atoms with E-state index in [9.17, 15) is 9.59 Å². The van der Waals surface area contributed by atoms with E-state index in [1.165, 1.54) is 0 Å². The molecule has 2 amide bonds. The summed E-state index contributed by atoms with van der Waals surface area (Å²) < 4.78 is 5.38. The summed E-state index contributed by atoms with van der Waals surface area (Å²) in [6.07, 6.45) is 0. The lowest BCUT2D eigenvalue weighted by molar-refractivity contribution is -0.132. The molecule has 0 bridgehead atoms. The summed E-state index contributed by atoms with van der Waals surface area (Å²) in [7, 11) is 3.83. The smallest absolute Gasteiger partial charge is 0.314 e. The van der Waals surface area contributed by atoms with E-state index in [4.69, 9.17) is 4.74 Å². The topological polar surface area (TPSA) is 73.9 Å². The third kappa shape index (κ3) is 4.77. The zero-order chi connectivity index (χ0) is 19.2. The van der Waals surface area contributed by atoms with Gasteiger partial charge in [0.2, 0.25) is 0 Å². The normalized spacial score (nSPS) is 13.8. The van der Waals surface area contributed by atoms with E-state index in [1.807, 2.05) is 55.4 Å². The Morgan fingerprint density at radius 3 is 2.41 bits per heavy atom. The maximum atomic E-state index is 12.4. The molecule has 27 heavy (non-hydrogen) atoms. The number of hydrogen-bond donors (Lipinski definition) is 2. The summed E-state index contributed by atoms with van der Waals surface area (Å²) in [5.41, 5.74) is 3.01. The minimum absolute atomic E-state index is 0.572. The zero-order valence-corrected chi connectivity index (χ0v) is 15.6. The Kier molecular flexibility index (Phi) is 5.93. The van der Waals surface area contributed by atoms with Gasteiger partial charge in [0.1, 0.15) is 0 Å². The van der Waals surface area contributed by atoms with Crippen LogP contribution in [-0.4, -0.2) is 52.2 Å². The van der Waals surface area contributed by atoms with Crippen LogP contribution in [0.15, 0.2) is 48.5 Å². The molecule has 1 aliphatic heterocycles. The first kappa shape index (κ1) is 18.7. The highest BCUT2D eigenvalue weighted by Gasteiger charge is 2.19. The molecule has 0 radical (unpaired) electrons. The Hall–Kier alpha value is -3.06. The first-order valence-corrected chi connectivity index (χ1v) is 8.86. The van der Waals surface area contributed by atoms with Crippen LogP contribution in [0.4, 0.5) is 22.7 Å². The molecule has 7 heteroatoms. The number of hydrogen-bond acceptors (Lipinski definition) is 5. The van der Waals surface area contributed by atoms with Crippen molar-refractivity contribution in [3.05, 3.63) is 48.5 Å². The van der Waals surface area contributed by atoms with Crippen LogP contribution in [0.2, 0.25) is 0 Å². The Balaban J connectivity index is 1.68. The quantitative estimate of drug-likeness (QED) is 0.809. The van der Waals surface area contributed by atoms with Gasteiger partial charge < -0.3 is 25.2 Å². The van der Waals surface area contributed by atoms with E-state index in [0.717, 1.165) is 24.5 Å². The van der Waals surface area contributed by atoms with Gasteiger partial charge in [-0.3, -0.25) is 9.59 Å². The van der Waals surface area contributed by atoms with Crippen molar-refractivity contribution in [1.82, 2.24) is 0 Å². The van der Waals surface area contributed by atoms with Crippen molar-refractivity contribution in [1.29, 1.82) is 0 Å². The van der Waals surface area contributed by atoms with Gasteiger partial charge in [-0.05, 0) is 30.3 Å². The molecule has 2 aromatic rings. The average Bonchev–Trinajstić information content (AvgIpc) is 2.69. The summed E-state index contributed by atoms with van der Waals surface area (Å²) in [5.74, 6) is -1.41. The molecule has 1 aliphatic rings. The molecule has 0 aliphatic carbocycles. The maximum absolute atomic E-state index is 12.4. The third-order valence-electron chi connectivity index (χ3n) is 4.33. The molecule has 2 N–H and O–H groups in total. The Morgan fingerprint density at radius 1 is 0.963 bits per heavy atom. The fourth-order valence-corrected chi connectivity index (χ4v) is 2.89. The monoisotopic (exact) mass is 368 g/mol. The number of amides is 2. The first-order chi connectivity index (χ1) is 13.0. The van der Waals surface area contributed by atoms with Crippen molar-refractivity contribution < 1.29 is 14.3 Å². The van der Waals surface area contributed by atoms with Gasteiger partial charge in [0.15, 0.2) is 0 Å². The van der Waals surface area contributed by atoms with Crippen LogP contribution in [0.1, 0.15) is 0 Å². The standard InChI is InChI=1S/C20H24N4O3/c1-23(2)16-7-5-6-15(14-16)21-19(25)20(26)22-17-8-3-4-9-18(17)24-10-12-27-13-11-24/h3-9,14H,10-13H2,1-2H3,(H,21,25)(H,22,26). The predicted molar refractivity (Wildman–Crippen MR) is 108 cm³/mol. The SMILES string of the molecule is CN(C)c1cccc(NC(=O)C(=O)Nc2ccccc2N2CCOCC2)c1. The second-order valence-corrected chi connectivity index (χ2v) is 6.47. The molecule has 1 saturated heterocycles. The van der Waals surface area contributed by atoms with Crippen LogP contribution in [-0.2, 0) is 14.3 Å². The van der Waals surface area contributed by atoms with Gasteiger partial charge in [-0.2, -0.15) is 0 Å². The van der Waals surface area contributed by atoms with Crippen LogP contribution < -0.4 is 20.4 Å². The molecule has 0 spiro atoms. The summed E-state index contributed by atoms with van der Waals surface area (Å²) in [5, 5.41) is 5.37. The van der Waals surface area contributed by atoms with E-state index < -0.39 is 11.8 Å². The molecule has 142 valence electrons. The molecular weight excluding hydrogens is 344 g/mol. The van der Waals surface area contributed by atoms with Crippen molar-refractivity contribution in [2.45, 2.75) is 0 Å². The lowest BCUT2D eigenvalue weighted by atomic mass is 10.2. The summed E-state index contributed by atoms with van der Waals surface area (Å²) in [6.45, 7) is 2.78. The minimum atomic E-state index is -0.706. The number of carbonyl (C=O) groups excluding carboxylic acids is 2. The Labute approximate surface area is 158 Å². The number of carbonyl (C=O) groups is 2. The zero-order valence-electron chi connectivity index (χ0n) is 15.6. The van der Waals surface area contributed by atoms with E-state index in [2.05, 4.69) is 15.5 Å². The summed E-state index contributed by atoms with van der Waals surface area (Å²) in [6, 6.07) is 14.8. The predicted octanol–water partition coefficient (Wildman–Crippen LogP) is 2.17. The van der Waals surface area contributed by atoms with E-state index >= 15 is 0 Å². The highest BCUT2D eigenvalue weighted by molar-refractivity contribution is 6.44. The van der Waals surface area contributed by atoms with Crippen molar-refractivity contribution in [2.75, 3.05) is 60.8 Å². The van der Waals surface area contributed by atoms with Gasteiger partial charge in [-0.15, -0.1) is 0 Å². The number of morpholine rings is 1. The number of nitrogens with one attached hydrogen (secondary N) is 2. The van der Waals surface area contributed by atoms with Crippen molar-refractivity contribution >= 4 is 34.6 Å². The van der Waals surface area contributed by atoms with Gasteiger partial charge in [-0.1, -0.05) is 18.2 Å². The number of para-hydroxylation sites is 2. The van der Waals surface area contributed by atoms with Crippen LogP contribution >= 0.6 is 0 Å². The number of benzene rings is 2. The van der Waals surface area contributed by atoms with Crippen LogP contribution in [0.5, 0.6) is 0 Å². The second-order valence-electron chi connectivity index (χ2n) is 6.47. The number of ether oxygens (including phenoxy) is 1. The molecule has 0 saturated carbocycles. The van der Waals surface area contributed by atoms with Crippen molar-refractivity contribution in [3.63, 3.8) is 0 Å². The van der Waals surface area contributed by atoms with Gasteiger partial charge in [-0.25, -0.2) is 0 Å². The van der Waals surface area contributed by atoms with Crippen molar-refractivity contribution in [2.24, 2.45) is 0 Å². The van der Waals surface area contributed by atoms with Gasteiger partial charge >= 0.3 is 11.8 Å². The summed E-state index contributed by atoms with van der Waals surface area (Å²) in [4.78, 5) is 28.8. The fourth-order valence-electron chi connectivity index (χ4n) is 2.89. The maximum Gasteiger partial charge on any atom is 0.314 e. The van der Waals surface area contributed by atoms with Crippen LogP contribution in [0, 0.1) is 0 Å². The van der Waals surface area contributed by atoms with Gasteiger partial charge in [0.05, 0.1) is 24.6 Å².